The molecule has 0 heterocycles. The number of nitrogens with one attached hydrogen (secondary N) is 2. The first kappa shape index (κ1) is 15.7. The summed E-state index contributed by atoms with van der Waals surface area (Å²) in [7, 11) is 0. The summed E-state index contributed by atoms with van der Waals surface area (Å²) in [4.78, 5) is 23.4. The van der Waals surface area contributed by atoms with Crippen LogP contribution < -0.4 is 10.6 Å². The lowest BCUT2D eigenvalue weighted by Crippen LogP contribution is -2.36. The minimum atomic E-state index is -0.679. The van der Waals surface area contributed by atoms with Crippen molar-refractivity contribution in [3.63, 3.8) is 0 Å². The number of hydrogen-bond acceptors (Lipinski definition) is 3. The van der Waals surface area contributed by atoms with E-state index in [-0.39, 0.29) is 6.61 Å². The summed E-state index contributed by atoms with van der Waals surface area (Å²) in [5, 5.41) is 14.1. The number of carbonyl (C=O) groups is 2. The predicted molar refractivity (Wildman–Crippen MR) is 84.2 cm³/mol. The van der Waals surface area contributed by atoms with E-state index in [4.69, 9.17) is 5.11 Å². The Labute approximate surface area is 129 Å². The maximum atomic E-state index is 11.7. The van der Waals surface area contributed by atoms with Gasteiger partial charge in [0.25, 0.3) is 0 Å². The molecule has 0 saturated carbocycles. The Morgan fingerprint density at radius 2 is 1.50 bits per heavy atom. The van der Waals surface area contributed by atoms with E-state index in [2.05, 4.69) is 10.6 Å². The van der Waals surface area contributed by atoms with Gasteiger partial charge in [0.2, 0.25) is 0 Å². The van der Waals surface area contributed by atoms with Gasteiger partial charge >= 0.3 is 11.8 Å². The Hall–Kier alpha value is -2.66. The molecule has 114 valence electrons. The Balaban J connectivity index is 1.76. The average Bonchev–Trinajstić information content (AvgIpc) is 2.56. The Bertz CT molecular complexity index is 624. The molecule has 2 aromatic carbocycles. The van der Waals surface area contributed by atoms with Crippen molar-refractivity contribution in [1.29, 1.82) is 0 Å². The second-order valence-corrected chi connectivity index (χ2v) is 4.80. The summed E-state index contributed by atoms with van der Waals surface area (Å²) in [6, 6.07) is 16.3. The fourth-order valence-corrected chi connectivity index (χ4v) is 1.92. The zero-order valence-corrected chi connectivity index (χ0v) is 12.1. The van der Waals surface area contributed by atoms with Crippen molar-refractivity contribution in [2.24, 2.45) is 0 Å². The van der Waals surface area contributed by atoms with E-state index in [1.807, 2.05) is 30.3 Å². The van der Waals surface area contributed by atoms with Crippen molar-refractivity contribution < 1.29 is 14.7 Å². The van der Waals surface area contributed by atoms with E-state index < -0.39 is 11.8 Å². The molecule has 0 aliphatic heterocycles. The topological polar surface area (TPSA) is 78.4 Å². The zero-order valence-electron chi connectivity index (χ0n) is 12.1. The van der Waals surface area contributed by atoms with Crippen LogP contribution in [0.1, 0.15) is 11.1 Å². The van der Waals surface area contributed by atoms with E-state index in [0.29, 0.717) is 18.7 Å². The van der Waals surface area contributed by atoms with Crippen molar-refractivity contribution >= 4 is 17.5 Å². The van der Waals surface area contributed by atoms with Crippen LogP contribution in [-0.2, 0) is 22.6 Å². The minimum absolute atomic E-state index is 0.0106. The quantitative estimate of drug-likeness (QED) is 0.732. The number of anilines is 1. The number of amides is 2. The molecule has 2 rings (SSSR count). The third kappa shape index (κ3) is 4.71. The average molecular weight is 298 g/mol. The van der Waals surface area contributed by atoms with Crippen LogP contribution in [0.4, 0.5) is 5.69 Å². The molecule has 0 unspecified atom stereocenters. The number of rotatable bonds is 5. The van der Waals surface area contributed by atoms with Gasteiger partial charge in [-0.1, -0.05) is 42.5 Å². The largest absolute Gasteiger partial charge is 0.392 e. The first-order valence-electron chi connectivity index (χ1n) is 7.02. The molecule has 0 aliphatic carbocycles. The van der Waals surface area contributed by atoms with Crippen molar-refractivity contribution in [1.82, 2.24) is 5.32 Å². The van der Waals surface area contributed by atoms with Gasteiger partial charge in [0.15, 0.2) is 0 Å². The smallest absolute Gasteiger partial charge is 0.313 e. The van der Waals surface area contributed by atoms with Crippen LogP contribution in [0, 0.1) is 0 Å². The molecule has 0 atom stereocenters. The molecular formula is C17H18N2O3. The molecule has 22 heavy (non-hydrogen) atoms. The third-order valence-corrected chi connectivity index (χ3v) is 3.14. The standard InChI is InChI=1S/C17H18N2O3/c20-12-14-8-6-13(7-9-14)10-11-18-16(21)17(22)19-15-4-2-1-3-5-15/h1-9,20H,10-12H2,(H,18,21)(H,19,22). The van der Waals surface area contributed by atoms with E-state index in [1.54, 1.807) is 24.3 Å². The number of aliphatic hydroxyl groups excluding tert-OH is 1. The molecule has 2 aromatic rings. The molecule has 0 saturated heterocycles. The number of benzene rings is 2. The fourth-order valence-electron chi connectivity index (χ4n) is 1.92. The maximum absolute atomic E-state index is 11.7. The first-order valence-corrected chi connectivity index (χ1v) is 7.02. The van der Waals surface area contributed by atoms with Crippen LogP contribution in [-0.4, -0.2) is 23.5 Å². The first-order chi connectivity index (χ1) is 10.7. The molecular weight excluding hydrogens is 280 g/mol. The summed E-state index contributed by atoms with van der Waals surface area (Å²) in [5.41, 5.74) is 2.46. The summed E-state index contributed by atoms with van der Waals surface area (Å²) < 4.78 is 0. The van der Waals surface area contributed by atoms with Gasteiger partial charge in [0, 0.05) is 12.2 Å². The predicted octanol–water partition coefficient (Wildman–Crippen LogP) is 1.48. The summed E-state index contributed by atoms with van der Waals surface area (Å²) in [6.07, 6.45) is 0.621. The molecule has 5 heteroatoms. The van der Waals surface area contributed by atoms with Crippen LogP contribution in [0.15, 0.2) is 54.6 Å². The maximum Gasteiger partial charge on any atom is 0.313 e. The summed E-state index contributed by atoms with van der Waals surface area (Å²) in [5.74, 6) is -1.34. The summed E-state index contributed by atoms with van der Waals surface area (Å²) in [6.45, 7) is 0.385. The van der Waals surface area contributed by atoms with Crippen LogP contribution >= 0.6 is 0 Å². The fraction of sp³-hybridized carbons (Fsp3) is 0.176. The third-order valence-electron chi connectivity index (χ3n) is 3.14. The minimum Gasteiger partial charge on any atom is -0.392 e. The highest BCUT2D eigenvalue weighted by Crippen LogP contribution is 2.05. The van der Waals surface area contributed by atoms with Gasteiger partial charge in [0.1, 0.15) is 0 Å². The lowest BCUT2D eigenvalue weighted by atomic mass is 10.1. The van der Waals surface area contributed by atoms with Crippen molar-refractivity contribution in [2.75, 3.05) is 11.9 Å². The van der Waals surface area contributed by atoms with Gasteiger partial charge in [-0.15, -0.1) is 0 Å². The van der Waals surface area contributed by atoms with Gasteiger partial charge in [-0.2, -0.15) is 0 Å². The highest BCUT2D eigenvalue weighted by atomic mass is 16.3. The Morgan fingerprint density at radius 3 is 2.14 bits per heavy atom. The molecule has 0 spiro atoms. The molecule has 0 fully saturated rings. The molecule has 3 N–H and O–H groups in total. The van der Waals surface area contributed by atoms with Gasteiger partial charge in [-0.05, 0) is 29.7 Å². The van der Waals surface area contributed by atoms with E-state index in [9.17, 15) is 9.59 Å². The normalized spacial score (nSPS) is 10.0. The zero-order chi connectivity index (χ0) is 15.8. The molecule has 0 bridgehead atoms. The number of aliphatic hydroxyl groups is 1. The molecule has 0 radical (unpaired) electrons. The van der Waals surface area contributed by atoms with Crippen molar-refractivity contribution in [3.8, 4) is 0 Å². The van der Waals surface area contributed by atoms with Gasteiger partial charge in [-0.3, -0.25) is 9.59 Å². The summed E-state index contributed by atoms with van der Waals surface area (Å²) >= 11 is 0. The molecule has 0 aliphatic rings. The van der Waals surface area contributed by atoms with E-state index in [1.165, 1.54) is 0 Å². The highest BCUT2D eigenvalue weighted by molar-refractivity contribution is 6.39. The van der Waals surface area contributed by atoms with Crippen LogP contribution in [0.25, 0.3) is 0 Å². The monoisotopic (exact) mass is 298 g/mol. The number of carbonyl (C=O) groups excluding carboxylic acids is 2. The van der Waals surface area contributed by atoms with Gasteiger partial charge in [-0.25, -0.2) is 0 Å². The van der Waals surface area contributed by atoms with Crippen LogP contribution in [0.2, 0.25) is 0 Å². The molecule has 2 amide bonds. The van der Waals surface area contributed by atoms with Crippen molar-refractivity contribution in [2.45, 2.75) is 13.0 Å². The molecule has 5 nitrogen and oxygen atoms in total. The highest BCUT2D eigenvalue weighted by Gasteiger charge is 2.12. The van der Waals surface area contributed by atoms with E-state index >= 15 is 0 Å². The van der Waals surface area contributed by atoms with Crippen molar-refractivity contribution in [3.05, 3.63) is 65.7 Å². The second-order valence-electron chi connectivity index (χ2n) is 4.80. The lowest BCUT2D eigenvalue weighted by molar-refractivity contribution is -0.136. The Morgan fingerprint density at radius 1 is 0.864 bits per heavy atom. The Kier molecular flexibility index (Phi) is 5.68. The second kappa shape index (κ2) is 7.95. The number of para-hydroxylation sites is 1. The van der Waals surface area contributed by atoms with Gasteiger partial charge < -0.3 is 15.7 Å². The van der Waals surface area contributed by atoms with Crippen LogP contribution in [0.5, 0.6) is 0 Å². The molecule has 0 aromatic heterocycles. The van der Waals surface area contributed by atoms with Crippen LogP contribution in [0.3, 0.4) is 0 Å². The van der Waals surface area contributed by atoms with E-state index in [0.717, 1.165) is 11.1 Å². The lowest BCUT2D eigenvalue weighted by Gasteiger charge is -2.07. The SMILES string of the molecule is O=C(NCCc1ccc(CO)cc1)C(=O)Nc1ccccc1. The number of hydrogen-bond donors (Lipinski definition) is 3. The van der Waals surface area contributed by atoms with Gasteiger partial charge in [0.05, 0.1) is 6.61 Å².